The quantitative estimate of drug-likeness (QED) is 0.424. The third-order valence-electron chi connectivity index (χ3n) is 11.2. The van der Waals surface area contributed by atoms with Crippen molar-refractivity contribution in [3.63, 3.8) is 0 Å². The Kier molecular flexibility index (Phi) is 5.39. The zero-order valence-corrected chi connectivity index (χ0v) is 22.8. The van der Waals surface area contributed by atoms with Crippen LogP contribution in [0.1, 0.15) is 74.1 Å². The lowest BCUT2D eigenvalue weighted by Gasteiger charge is -2.60. The van der Waals surface area contributed by atoms with Crippen molar-refractivity contribution in [1.82, 2.24) is 0 Å². The summed E-state index contributed by atoms with van der Waals surface area (Å²) in [5.74, 6) is -2.04. The van der Waals surface area contributed by atoms with Crippen LogP contribution in [0.15, 0.2) is 34.9 Å². The number of fused-ring (bicyclic) bond motifs is 3. The number of aliphatic carboxylic acids is 1. The van der Waals surface area contributed by atoms with Gasteiger partial charge in [-0.25, -0.2) is 0 Å². The molecular formula is C30H38O7. The van der Waals surface area contributed by atoms with Gasteiger partial charge in [0.15, 0.2) is 11.6 Å². The van der Waals surface area contributed by atoms with Crippen molar-refractivity contribution in [3.05, 3.63) is 34.9 Å². The Bertz CT molecular complexity index is 1240. The highest BCUT2D eigenvalue weighted by Crippen LogP contribution is 2.78. The number of epoxide rings is 1. The molecule has 1 aliphatic heterocycles. The molecule has 8 atom stereocenters. The number of carboxylic acids is 1. The van der Waals surface area contributed by atoms with Crippen LogP contribution < -0.4 is 0 Å². The van der Waals surface area contributed by atoms with Gasteiger partial charge in [0, 0.05) is 23.7 Å². The van der Waals surface area contributed by atoms with Crippen molar-refractivity contribution < 1.29 is 34.1 Å². The maximum absolute atomic E-state index is 14.1. The van der Waals surface area contributed by atoms with Crippen LogP contribution in [0.5, 0.6) is 0 Å². The predicted octanol–water partition coefficient (Wildman–Crippen LogP) is 3.99. The summed E-state index contributed by atoms with van der Waals surface area (Å²) in [7, 11) is 0. The minimum Gasteiger partial charge on any atom is -0.481 e. The summed E-state index contributed by atoms with van der Waals surface area (Å²) in [4.78, 5) is 50.8. The van der Waals surface area contributed by atoms with Gasteiger partial charge in [0.05, 0.1) is 23.5 Å². The molecule has 7 heteroatoms. The minimum atomic E-state index is -1.13. The van der Waals surface area contributed by atoms with Crippen LogP contribution in [0.25, 0.3) is 0 Å². The first-order valence-electron chi connectivity index (χ1n) is 13.3. The number of rotatable bonds is 5. The van der Waals surface area contributed by atoms with Crippen LogP contribution in [0, 0.1) is 33.5 Å². The molecule has 8 unspecified atom stereocenters. The summed E-state index contributed by atoms with van der Waals surface area (Å²) < 4.78 is 6.57. The maximum atomic E-state index is 14.1. The number of carbonyl (C=O) groups excluding carboxylic acids is 3. The van der Waals surface area contributed by atoms with Gasteiger partial charge in [-0.05, 0) is 66.9 Å². The number of carbonyl (C=O) groups is 4. The fourth-order valence-corrected chi connectivity index (χ4v) is 8.64. The number of allylic oxidation sites excluding steroid dienone is 4. The van der Waals surface area contributed by atoms with Crippen molar-refractivity contribution in [2.45, 2.75) is 92.0 Å². The van der Waals surface area contributed by atoms with Crippen molar-refractivity contribution in [1.29, 1.82) is 0 Å². The SMILES string of the molecule is CC(=CC(=O)CC(C)C(=O)O)C1=CC(O)C2(C)C1(C)C(=O)C=C1C3(C)CCC(=O)C(C)(C)C3CC3OC132. The summed E-state index contributed by atoms with van der Waals surface area (Å²) in [6.45, 7) is 13.1. The molecule has 37 heavy (non-hydrogen) atoms. The second-order valence-corrected chi connectivity index (χ2v) is 13.2. The van der Waals surface area contributed by atoms with Crippen LogP contribution in [-0.4, -0.2) is 51.3 Å². The molecule has 0 amide bonds. The topological polar surface area (TPSA) is 121 Å². The van der Waals surface area contributed by atoms with Crippen LogP contribution in [0.2, 0.25) is 0 Å². The highest BCUT2D eigenvalue weighted by molar-refractivity contribution is 6.03. The molecule has 0 aromatic carbocycles. The van der Waals surface area contributed by atoms with Gasteiger partial charge >= 0.3 is 5.97 Å². The molecule has 7 nitrogen and oxygen atoms in total. The number of hydrogen-bond donors (Lipinski definition) is 2. The Balaban J connectivity index is 1.59. The number of hydrogen-bond acceptors (Lipinski definition) is 6. The fraction of sp³-hybridized carbons (Fsp3) is 0.667. The first kappa shape index (κ1) is 26.2. The van der Waals surface area contributed by atoms with Crippen molar-refractivity contribution >= 4 is 23.3 Å². The van der Waals surface area contributed by atoms with E-state index < -0.39 is 45.3 Å². The van der Waals surface area contributed by atoms with E-state index in [0.717, 1.165) is 5.57 Å². The van der Waals surface area contributed by atoms with Gasteiger partial charge < -0.3 is 14.9 Å². The van der Waals surface area contributed by atoms with E-state index in [1.807, 2.05) is 27.7 Å². The molecule has 5 aliphatic rings. The van der Waals surface area contributed by atoms with Crippen LogP contribution in [0.4, 0.5) is 0 Å². The lowest BCUT2D eigenvalue weighted by Crippen LogP contribution is -2.65. The standard InChI is InChI=1S/C30H38O7/c1-15(10-17(31)11-16(2)25(35)36)18-12-23(34)29(7)28(18,6)22(33)13-20-27(5)9-8-21(32)26(3,4)19(27)14-24-30(20,29)37-24/h10,12-13,16,19,23-24,34H,8-9,11,14H2,1-7H3,(H,35,36). The molecule has 1 saturated heterocycles. The van der Waals surface area contributed by atoms with Crippen LogP contribution in [-0.2, 0) is 23.9 Å². The Morgan fingerprint density at radius 2 is 1.84 bits per heavy atom. The summed E-state index contributed by atoms with van der Waals surface area (Å²) >= 11 is 0. The third kappa shape index (κ3) is 2.96. The average molecular weight is 511 g/mol. The molecule has 3 fully saturated rings. The number of aliphatic hydroxyl groups excluding tert-OH is 1. The lowest BCUT2D eigenvalue weighted by molar-refractivity contribution is -0.145. The Labute approximate surface area is 218 Å². The monoisotopic (exact) mass is 510 g/mol. The number of aliphatic hydroxyl groups is 1. The summed E-state index contributed by atoms with van der Waals surface area (Å²) in [5, 5.41) is 20.8. The van der Waals surface area contributed by atoms with E-state index in [9.17, 15) is 24.3 Å². The summed E-state index contributed by atoms with van der Waals surface area (Å²) in [5.41, 5.74) is -1.82. The molecule has 0 aromatic rings. The summed E-state index contributed by atoms with van der Waals surface area (Å²) in [6, 6.07) is 0. The lowest BCUT2D eigenvalue weighted by atomic mass is 9.40. The zero-order chi connectivity index (χ0) is 27.5. The van der Waals surface area contributed by atoms with Crippen LogP contribution >= 0.6 is 0 Å². The molecule has 4 aliphatic carbocycles. The zero-order valence-electron chi connectivity index (χ0n) is 22.8. The number of ether oxygens (including phenoxy) is 1. The van der Waals surface area contributed by atoms with Gasteiger partial charge in [-0.1, -0.05) is 40.7 Å². The Morgan fingerprint density at radius 3 is 2.46 bits per heavy atom. The smallest absolute Gasteiger partial charge is 0.306 e. The fourth-order valence-electron chi connectivity index (χ4n) is 8.64. The van der Waals surface area contributed by atoms with Gasteiger partial charge in [-0.3, -0.25) is 19.2 Å². The van der Waals surface area contributed by atoms with Gasteiger partial charge in [-0.2, -0.15) is 0 Å². The average Bonchev–Trinajstić information content (AvgIpc) is 3.49. The normalized spacial score (nSPS) is 44.5. The second-order valence-electron chi connectivity index (χ2n) is 13.2. The van der Waals surface area contributed by atoms with Crippen molar-refractivity contribution in [3.8, 4) is 0 Å². The van der Waals surface area contributed by atoms with E-state index in [4.69, 9.17) is 9.84 Å². The van der Waals surface area contributed by atoms with Crippen molar-refractivity contribution in [2.75, 3.05) is 0 Å². The molecule has 0 bridgehead atoms. The third-order valence-corrected chi connectivity index (χ3v) is 11.2. The first-order chi connectivity index (χ1) is 17.0. The molecule has 200 valence electrons. The van der Waals surface area contributed by atoms with E-state index in [1.54, 1.807) is 19.1 Å². The molecule has 5 rings (SSSR count). The molecule has 2 saturated carbocycles. The molecule has 1 heterocycles. The number of carboxylic acid groups (broad SMARTS) is 1. The molecule has 1 spiro atoms. The van der Waals surface area contributed by atoms with Crippen LogP contribution in [0.3, 0.4) is 0 Å². The highest BCUT2D eigenvalue weighted by Gasteiger charge is 2.84. The molecule has 0 aromatic heterocycles. The maximum Gasteiger partial charge on any atom is 0.306 e. The van der Waals surface area contributed by atoms with Gasteiger partial charge in [0.2, 0.25) is 0 Å². The Hall–Kier alpha value is -2.38. The van der Waals surface area contributed by atoms with E-state index in [2.05, 4.69) is 6.92 Å². The van der Waals surface area contributed by atoms with E-state index >= 15 is 0 Å². The van der Waals surface area contributed by atoms with E-state index in [0.29, 0.717) is 30.4 Å². The summed E-state index contributed by atoms with van der Waals surface area (Å²) in [6.07, 6.45) is 5.27. The number of ketones is 3. The van der Waals surface area contributed by atoms with Gasteiger partial charge in [0.25, 0.3) is 0 Å². The van der Waals surface area contributed by atoms with E-state index in [-0.39, 0.29) is 35.8 Å². The molecule has 0 radical (unpaired) electrons. The number of Topliss-reactive ketones (excluding diaryl/α,β-unsaturated/α-hetero) is 1. The highest BCUT2D eigenvalue weighted by atomic mass is 16.6. The Morgan fingerprint density at radius 1 is 1.19 bits per heavy atom. The first-order valence-corrected chi connectivity index (χ1v) is 13.3. The predicted molar refractivity (Wildman–Crippen MR) is 135 cm³/mol. The minimum absolute atomic E-state index is 0.0373. The largest absolute Gasteiger partial charge is 0.481 e. The van der Waals surface area contributed by atoms with Gasteiger partial charge in [-0.15, -0.1) is 0 Å². The van der Waals surface area contributed by atoms with Crippen molar-refractivity contribution in [2.24, 2.45) is 33.5 Å². The van der Waals surface area contributed by atoms with Gasteiger partial charge in [0.1, 0.15) is 11.4 Å². The second kappa shape index (κ2) is 7.60. The molecule has 2 N–H and O–H groups in total. The van der Waals surface area contributed by atoms with E-state index in [1.165, 1.54) is 13.0 Å². The molecular weight excluding hydrogens is 472 g/mol.